The average Bonchev–Trinajstić information content (AvgIpc) is 3.39. The molecule has 0 saturated heterocycles. The Morgan fingerprint density at radius 3 is 2.97 bits per heavy atom. The second-order valence-corrected chi connectivity index (χ2v) is 10.0. The Balaban J connectivity index is 1.43. The third kappa shape index (κ3) is 4.31. The van der Waals surface area contributed by atoms with E-state index in [1.54, 1.807) is 7.11 Å². The van der Waals surface area contributed by atoms with Gasteiger partial charge in [0.15, 0.2) is 0 Å². The van der Waals surface area contributed by atoms with E-state index >= 15 is 0 Å². The maximum absolute atomic E-state index is 13.5. The lowest BCUT2D eigenvalue weighted by Crippen LogP contribution is -2.20. The highest BCUT2D eigenvalue weighted by molar-refractivity contribution is 7.14. The molecule has 0 unspecified atom stereocenters. The molecule has 1 radical (unpaired) electrons. The zero-order valence-corrected chi connectivity index (χ0v) is 20.0. The molecule has 0 amide bonds. The number of anilines is 1. The minimum atomic E-state index is -0.452. The van der Waals surface area contributed by atoms with Gasteiger partial charge in [-0.3, -0.25) is 4.79 Å². The van der Waals surface area contributed by atoms with Crippen LogP contribution in [0.5, 0.6) is 5.88 Å². The summed E-state index contributed by atoms with van der Waals surface area (Å²) in [7, 11) is 1.59. The molecule has 1 fully saturated rings. The smallest absolute Gasteiger partial charge is 0.213 e. The molecule has 1 aliphatic carbocycles. The van der Waals surface area contributed by atoms with E-state index in [9.17, 15) is 9.90 Å². The second-order valence-electron chi connectivity index (χ2n) is 8.78. The highest BCUT2D eigenvalue weighted by Crippen LogP contribution is 2.38. The maximum Gasteiger partial charge on any atom is 0.213 e. The highest BCUT2D eigenvalue weighted by Gasteiger charge is 2.32. The Kier molecular flexibility index (Phi) is 6.33. The van der Waals surface area contributed by atoms with Crippen molar-refractivity contribution >= 4 is 22.9 Å². The number of pyridine rings is 1. The van der Waals surface area contributed by atoms with Gasteiger partial charge in [0.05, 0.1) is 36.0 Å². The van der Waals surface area contributed by atoms with Crippen LogP contribution >= 0.6 is 11.3 Å². The number of aliphatic hydroxyl groups excluding tert-OH is 1. The number of hydrogen-bond donors (Lipinski definition) is 2. The number of thiophene rings is 1. The number of fused-ring (bicyclic) bond motifs is 1. The summed E-state index contributed by atoms with van der Waals surface area (Å²) in [5.41, 5.74) is 3.29. The average molecular weight is 480 g/mol. The number of rotatable bonds is 6. The molecule has 4 heterocycles. The normalized spacial score (nSPS) is 24.0. The molecule has 177 valence electrons. The Bertz CT molecular complexity index is 1200. The molecule has 8 nitrogen and oxygen atoms in total. The van der Waals surface area contributed by atoms with Crippen LogP contribution in [0.2, 0.25) is 0 Å². The summed E-state index contributed by atoms with van der Waals surface area (Å²) in [4.78, 5) is 28.1. The number of hydrogen-bond acceptors (Lipinski definition) is 9. The predicted molar refractivity (Wildman–Crippen MR) is 128 cm³/mol. The predicted octanol–water partition coefficient (Wildman–Crippen LogP) is 3.53. The van der Waals surface area contributed by atoms with Gasteiger partial charge in [-0.1, -0.05) is 6.07 Å². The van der Waals surface area contributed by atoms with E-state index in [1.165, 1.54) is 23.9 Å². The minimum Gasteiger partial charge on any atom is -0.481 e. The number of carbonyl (C=O) groups is 1. The van der Waals surface area contributed by atoms with Crippen molar-refractivity contribution in [3.63, 3.8) is 0 Å². The Morgan fingerprint density at radius 1 is 1.35 bits per heavy atom. The molecule has 4 atom stereocenters. The molecule has 2 N–H and O–H groups in total. The van der Waals surface area contributed by atoms with Gasteiger partial charge in [0.1, 0.15) is 18.2 Å². The quantitative estimate of drug-likeness (QED) is 0.517. The number of nitrogens with one attached hydrogen (secondary N) is 1. The van der Waals surface area contributed by atoms with Crippen molar-refractivity contribution in [2.75, 3.05) is 19.0 Å². The molecule has 1 aliphatic heterocycles. The summed E-state index contributed by atoms with van der Waals surface area (Å²) < 4.78 is 11.4. The molecule has 3 aromatic heterocycles. The van der Waals surface area contributed by atoms with Crippen molar-refractivity contribution in [3.05, 3.63) is 69.8 Å². The van der Waals surface area contributed by atoms with Crippen LogP contribution < -0.4 is 10.1 Å². The van der Waals surface area contributed by atoms with Gasteiger partial charge in [-0.05, 0) is 50.7 Å². The van der Waals surface area contributed by atoms with Gasteiger partial charge in [0.2, 0.25) is 11.7 Å². The van der Waals surface area contributed by atoms with Gasteiger partial charge < -0.3 is 19.9 Å². The highest BCUT2D eigenvalue weighted by atomic mass is 32.1. The van der Waals surface area contributed by atoms with Crippen molar-refractivity contribution in [1.82, 2.24) is 15.0 Å². The molecule has 0 aromatic carbocycles. The van der Waals surface area contributed by atoms with Gasteiger partial charge in [0.25, 0.3) is 0 Å². The van der Waals surface area contributed by atoms with Crippen molar-refractivity contribution in [3.8, 4) is 5.88 Å². The van der Waals surface area contributed by atoms with Crippen molar-refractivity contribution in [1.29, 1.82) is 0 Å². The van der Waals surface area contributed by atoms with Crippen LogP contribution in [-0.2, 0) is 11.2 Å². The first-order valence-corrected chi connectivity index (χ1v) is 12.1. The Morgan fingerprint density at radius 2 is 2.21 bits per heavy atom. The van der Waals surface area contributed by atoms with Gasteiger partial charge in [-0.2, -0.15) is 0 Å². The number of methoxy groups -OCH3 is 1. The largest absolute Gasteiger partial charge is 0.481 e. The standard InChI is InChI=1S/C25H27N4O4S/c1-13-8-16(9-19(13)30)28-25-18(11-26-12-27-25)23(31)20-10-17(14(2)34-20)24-22-15(6-7-33-24)4-5-21(29-22)32-3/h4-5,10-13,16,19,24,30H,1,6-9H2,2-3H3,(H,26,27,28)/t13-,16-,19+,24-/m1/s1. The zero-order valence-electron chi connectivity index (χ0n) is 19.2. The first kappa shape index (κ1) is 22.9. The van der Waals surface area contributed by atoms with Crippen LogP contribution in [0.25, 0.3) is 0 Å². The van der Waals surface area contributed by atoms with Gasteiger partial charge >= 0.3 is 0 Å². The number of aryl methyl sites for hydroxylation is 1. The molecular formula is C25H27N4O4S. The van der Waals surface area contributed by atoms with Crippen LogP contribution in [0.15, 0.2) is 30.7 Å². The van der Waals surface area contributed by atoms with Gasteiger partial charge in [0, 0.05) is 28.7 Å². The maximum atomic E-state index is 13.5. The topological polar surface area (TPSA) is 106 Å². The van der Waals surface area contributed by atoms with Crippen molar-refractivity contribution in [2.24, 2.45) is 5.92 Å². The van der Waals surface area contributed by atoms with Gasteiger partial charge in [-0.25, -0.2) is 15.0 Å². The summed E-state index contributed by atoms with van der Waals surface area (Å²) in [5, 5.41) is 13.4. The van der Waals surface area contributed by atoms with E-state index in [-0.39, 0.29) is 23.8 Å². The van der Waals surface area contributed by atoms with E-state index in [0.717, 1.165) is 34.5 Å². The number of nitrogens with zero attached hydrogens (tertiary/aromatic N) is 3. The lowest BCUT2D eigenvalue weighted by Gasteiger charge is -2.25. The van der Waals surface area contributed by atoms with E-state index in [1.807, 2.05) is 25.1 Å². The van der Waals surface area contributed by atoms with Crippen LogP contribution in [0.1, 0.15) is 55.9 Å². The van der Waals surface area contributed by atoms with E-state index in [2.05, 4.69) is 27.2 Å². The Hall–Kier alpha value is -2.88. The summed E-state index contributed by atoms with van der Waals surface area (Å²) in [6, 6.07) is 5.79. The molecule has 9 heteroatoms. The van der Waals surface area contributed by atoms with Crippen molar-refractivity contribution < 1.29 is 19.4 Å². The molecule has 0 bridgehead atoms. The molecule has 0 spiro atoms. The van der Waals surface area contributed by atoms with Crippen LogP contribution in [0.4, 0.5) is 5.82 Å². The molecule has 34 heavy (non-hydrogen) atoms. The van der Waals surface area contributed by atoms with E-state index < -0.39 is 6.10 Å². The molecule has 3 aromatic rings. The molecule has 5 rings (SSSR count). The van der Waals surface area contributed by atoms with Crippen molar-refractivity contribution in [2.45, 2.75) is 44.4 Å². The van der Waals surface area contributed by atoms with Crippen LogP contribution in [0, 0.1) is 19.8 Å². The number of aromatic nitrogens is 3. The molecular weight excluding hydrogens is 452 g/mol. The summed E-state index contributed by atoms with van der Waals surface area (Å²) in [5.74, 6) is 0.829. The third-order valence-corrected chi connectivity index (χ3v) is 7.58. The van der Waals surface area contributed by atoms with E-state index in [0.29, 0.717) is 35.2 Å². The lowest BCUT2D eigenvalue weighted by atomic mass is 9.97. The number of ketones is 1. The monoisotopic (exact) mass is 479 g/mol. The fourth-order valence-electron chi connectivity index (χ4n) is 4.67. The zero-order chi connectivity index (χ0) is 23.8. The first-order chi connectivity index (χ1) is 16.4. The second kappa shape index (κ2) is 9.40. The summed E-state index contributed by atoms with van der Waals surface area (Å²) >= 11 is 1.43. The van der Waals surface area contributed by atoms with Gasteiger partial charge in [-0.15, -0.1) is 11.3 Å². The van der Waals surface area contributed by atoms with Crippen LogP contribution in [-0.4, -0.2) is 51.7 Å². The minimum absolute atomic E-state index is 0.00720. The number of aliphatic hydroxyl groups is 1. The third-order valence-electron chi connectivity index (χ3n) is 6.52. The number of ether oxygens (including phenoxy) is 2. The fraction of sp³-hybridized carbons (Fsp3) is 0.400. The summed E-state index contributed by atoms with van der Waals surface area (Å²) in [6.07, 6.45) is 4.24. The molecule has 2 aliphatic rings. The summed E-state index contributed by atoms with van der Waals surface area (Å²) in [6.45, 7) is 6.56. The number of carbonyl (C=O) groups excluding carboxylic acids is 1. The Labute approximate surface area is 202 Å². The fourth-order valence-corrected chi connectivity index (χ4v) is 5.67. The SMILES string of the molecule is [CH2][C@@H]1C[C@@H](Nc2ncncc2C(=O)c2cc([C@H]3OCCc4ccc(OC)nc43)c(C)s2)C[C@@H]1O. The lowest BCUT2D eigenvalue weighted by molar-refractivity contribution is 0.0658. The molecule has 1 saturated carbocycles. The van der Waals surface area contributed by atoms with Crippen LogP contribution in [0.3, 0.4) is 0 Å². The van der Waals surface area contributed by atoms with E-state index in [4.69, 9.17) is 9.47 Å². The first-order valence-electron chi connectivity index (χ1n) is 11.3.